The third-order valence-electron chi connectivity index (χ3n) is 1.59. The number of nitrogens with one attached hydrogen (secondary N) is 2. The van der Waals surface area contributed by atoms with Gasteiger partial charge in [0.1, 0.15) is 0 Å². The molecule has 0 fully saturated rings. The molecular formula is C9H18N2O3. The summed E-state index contributed by atoms with van der Waals surface area (Å²) in [7, 11) is 0. The molecule has 0 aliphatic heterocycles. The minimum Gasteiger partial charge on any atom is -0.481 e. The smallest absolute Gasteiger partial charge is 0.315 e. The van der Waals surface area contributed by atoms with Gasteiger partial charge in [0.05, 0.1) is 0 Å². The Kier molecular flexibility index (Phi) is 5.67. The van der Waals surface area contributed by atoms with Crippen LogP contribution in [-0.4, -0.2) is 29.2 Å². The molecular weight excluding hydrogens is 184 g/mol. The van der Waals surface area contributed by atoms with Crippen LogP contribution in [0.4, 0.5) is 4.79 Å². The zero-order valence-corrected chi connectivity index (χ0v) is 8.83. The van der Waals surface area contributed by atoms with Gasteiger partial charge in [-0.05, 0) is 27.2 Å². The zero-order chi connectivity index (χ0) is 11.1. The first kappa shape index (κ1) is 12.7. The number of hydrogen-bond donors (Lipinski definition) is 3. The fourth-order valence-electron chi connectivity index (χ4n) is 0.940. The van der Waals surface area contributed by atoms with Gasteiger partial charge in [-0.3, -0.25) is 4.79 Å². The minimum absolute atomic E-state index is 0.0725. The lowest BCUT2D eigenvalue weighted by Gasteiger charge is -2.15. The molecule has 0 aromatic rings. The minimum atomic E-state index is -0.845. The van der Waals surface area contributed by atoms with Crippen molar-refractivity contribution in [3.05, 3.63) is 0 Å². The van der Waals surface area contributed by atoms with E-state index in [1.54, 1.807) is 6.92 Å². The number of urea groups is 1. The van der Waals surface area contributed by atoms with Crippen molar-refractivity contribution in [2.24, 2.45) is 0 Å². The van der Waals surface area contributed by atoms with Crippen molar-refractivity contribution in [3.63, 3.8) is 0 Å². The Labute approximate surface area is 83.9 Å². The predicted octanol–water partition coefficient (Wildman–Crippen LogP) is 0.947. The van der Waals surface area contributed by atoms with E-state index in [0.29, 0.717) is 6.42 Å². The van der Waals surface area contributed by atoms with Crippen LogP contribution >= 0.6 is 0 Å². The summed E-state index contributed by atoms with van der Waals surface area (Å²) in [5, 5.41) is 13.7. The van der Waals surface area contributed by atoms with E-state index in [1.165, 1.54) is 0 Å². The van der Waals surface area contributed by atoms with Gasteiger partial charge >= 0.3 is 12.0 Å². The maximum Gasteiger partial charge on any atom is 0.315 e. The van der Waals surface area contributed by atoms with Crippen molar-refractivity contribution in [2.75, 3.05) is 0 Å². The van der Waals surface area contributed by atoms with E-state index in [2.05, 4.69) is 10.6 Å². The number of carbonyl (C=O) groups excluding carboxylic acids is 1. The third kappa shape index (κ3) is 7.39. The van der Waals surface area contributed by atoms with E-state index in [9.17, 15) is 9.59 Å². The van der Waals surface area contributed by atoms with Crippen LogP contribution in [0, 0.1) is 0 Å². The summed E-state index contributed by atoms with van der Waals surface area (Å²) in [4.78, 5) is 21.4. The molecule has 0 rings (SSSR count). The summed E-state index contributed by atoms with van der Waals surface area (Å²) in [6, 6.07) is -0.288. The van der Waals surface area contributed by atoms with E-state index in [0.717, 1.165) is 0 Å². The molecule has 5 nitrogen and oxygen atoms in total. The number of carbonyl (C=O) groups is 2. The molecule has 0 aliphatic carbocycles. The van der Waals surface area contributed by atoms with Gasteiger partial charge in [0.2, 0.25) is 0 Å². The Bertz CT molecular complexity index is 204. The van der Waals surface area contributed by atoms with Crippen molar-refractivity contribution in [2.45, 2.75) is 45.7 Å². The van der Waals surface area contributed by atoms with Gasteiger partial charge in [0, 0.05) is 18.5 Å². The first-order chi connectivity index (χ1) is 6.41. The average Bonchev–Trinajstić information content (AvgIpc) is 1.98. The molecule has 0 heterocycles. The summed E-state index contributed by atoms with van der Waals surface area (Å²) in [5.41, 5.74) is 0. The molecule has 0 saturated heterocycles. The van der Waals surface area contributed by atoms with Crippen molar-refractivity contribution < 1.29 is 14.7 Å². The molecule has 0 bridgehead atoms. The molecule has 14 heavy (non-hydrogen) atoms. The molecule has 0 radical (unpaired) electrons. The van der Waals surface area contributed by atoms with E-state index in [4.69, 9.17) is 5.11 Å². The highest BCUT2D eigenvalue weighted by molar-refractivity contribution is 5.74. The normalized spacial score (nSPS) is 12.3. The molecule has 0 aliphatic rings. The summed E-state index contributed by atoms with van der Waals surface area (Å²) in [6.07, 6.45) is 0.518. The Morgan fingerprint density at radius 3 is 2.21 bits per heavy atom. The number of hydrogen-bond acceptors (Lipinski definition) is 2. The second-order valence-corrected chi connectivity index (χ2v) is 3.61. The van der Waals surface area contributed by atoms with Gasteiger partial charge in [-0.2, -0.15) is 0 Å². The van der Waals surface area contributed by atoms with Crippen LogP contribution in [-0.2, 0) is 4.79 Å². The number of rotatable bonds is 5. The number of amides is 2. The summed E-state index contributed by atoms with van der Waals surface area (Å²) in [6.45, 7) is 5.51. The molecule has 5 heteroatoms. The van der Waals surface area contributed by atoms with Crippen LogP contribution in [0.1, 0.15) is 33.6 Å². The van der Waals surface area contributed by atoms with Gasteiger partial charge < -0.3 is 15.7 Å². The molecule has 82 valence electrons. The Morgan fingerprint density at radius 2 is 1.79 bits per heavy atom. The number of carboxylic acids is 1. The third-order valence-corrected chi connectivity index (χ3v) is 1.59. The summed E-state index contributed by atoms with van der Waals surface area (Å²) >= 11 is 0. The highest BCUT2D eigenvalue weighted by Crippen LogP contribution is 1.95. The SMILES string of the molecule is CC(C)NC(=O)NC(C)CCC(=O)O. The Balaban J connectivity index is 3.65. The lowest BCUT2D eigenvalue weighted by molar-refractivity contribution is -0.137. The molecule has 0 aromatic carbocycles. The lowest BCUT2D eigenvalue weighted by atomic mass is 10.2. The quantitative estimate of drug-likeness (QED) is 0.621. The van der Waals surface area contributed by atoms with Gasteiger partial charge in [-0.1, -0.05) is 0 Å². The average molecular weight is 202 g/mol. The predicted molar refractivity (Wildman–Crippen MR) is 53.1 cm³/mol. The highest BCUT2D eigenvalue weighted by atomic mass is 16.4. The molecule has 3 N–H and O–H groups in total. The lowest BCUT2D eigenvalue weighted by Crippen LogP contribution is -2.43. The molecule has 0 spiro atoms. The number of carboxylic acid groups (broad SMARTS) is 1. The number of aliphatic carboxylic acids is 1. The second-order valence-electron chi connectivity index (χ2n) is 3.61. The van der Waals surface area contributed by atoms with E-state index >= 15 is 0 Å². The highest BCUT2D eigenvalue weighted by Gasteiger charge is 2.09. The van der Waals surface area contributed by atoms with Gasteiger partial charge in [-0.25, -0.2) is 4.79 Å². The van der Waals surface area contributed by atoms with Crippen LogP contribution in [0.5, 0.6) is 0 Å². The molecule has 1 unspecified atom stereocenters. The zero-order valence-electron chi connectivity index (χ0n) is 8.83. The second kappa shape index (κ2) is 6.23. The Hall–Kier alpha value is -1.26. The van der Waals surface area contributed by atoms with E-state index in [-0.39, 0.29) is 24.5 Å². The van der Waals surface area contributed by atoms with Crippen LogP contribution in [0.25, 0.3) is 0 Å². The van der Waals surface area contributed by atoms with Gasteiger partial charge in [0.15, 0.2) is 0 Å². The van der Waals surface area contributed by atoms with Crippen LogP contribution < -0.4 is 10.6 Å². The van der Waals surface area contributed by atoms with Crippen LogP contribution in [0.3, 0.4) is 0 Å². The molecule has 1 atom stereocenters. The van der Waals surface area contributed by atoms with Crippen molar-refractivity contribution >= 4 is 12.0 Å². The van der Waals surface area contributed by atoms with Gasteiger partial charge in [-0.15, -0.1) is 0 Å². The van der Waals surface area contributed by atoms with Gasteiger partial charge in [0.25, 0.3) is 0 Å². The summed E-state index contributed by atoms with van der Waals surface area (Å²) in [5.74, 6) is -0.845. The topological polar surface area (TPSA) is 78.4 Å². The first-order valence-electron chi connectivity index (χ1n) is 4.70. The van der Waals surface area contributed by atoms with Crippen molar-refractivity contribution in [3.8, 4) is 0 Å². The maximum absolute atomic E-state index is 11.1. The molecule has 0 aromatic heterocycles. The Morgan fingerprint density at radius 1 is 1.21 bits per heavy atom. The monoisotopic (exact) mass is 202 g/mol. The maximum atomic E-state index is 11.1. The van der Waals surface area contributed by atoms with Crippen molar-refractivity contribution in [1.29, 1.82) is 0 Å². The van der Waals surface area contributed by atoms with E-state index < -0.39 is 5.97 Å². The van der Waals surface area contributed by atoms with Crippen LogP contribution in [0.2, 0.25) is 0 Å². The fraction of sp³-hybridized carbons (Fsp3) is 0.778. The molecule has 0 saturated carbocycles. The fourth-order valence-corrected chi connectivity index (χ4v) is 0.940. The standard InChI is InChI=1S/C9H18N2O3/c1-6(2)10-9(14)11-7(3)4-5-8(12)13/h6-7H,4-5H2,1-3H3,(H,12,13)(H2,10,11,14). The largest absolute Gasteiger partial charge is 0.481 e. The van der Waals surface area contributed by atoms with E-state index in [1.807, 2.05) is 13.8 Å². The van der Waals surface area contributed by atoms with Crippen LogP contribution in [0.15, 0.2) is 0 Å². The first-order valence-corrected chi connectivity index (χ1v) is 4.70. The molecule has 2 amide bonds. The summed E-state index contributed by atoms with van der Waals surface area (Å²) < 4.78 is 0. The van der Waals surface area contributed by atoms with Crippen molar-refractivity contribution in [1.82, 2.24) is 10.6 Å².